The summed E-state index contributed by atoms with van der Waals surface area (Å²) in [6.07, 6.45) is 1.92. The molecule has 46 heavy (non-hydrogen) atoms. The number of allylic oxidation sites excluding steroid dienone is 4. The lowest BCUT2D eigenvalue weighted by molar-refractivity contribution is -0.306. The van der Waals surface area contributed by atoms with Crippen molar-refractivity contribution < 1.29 is 37.1 Å². The van der Waals surface area contributed by atoms with Crippen LogP contribution >= 0.6 is 11.3 Å². The molecule has 3 fully saturated rings. The molecule has 10 nitrogen and oxygen atoms in total. The smallest absolute Gasteiger partial charge is 0.489 e. The lowest BCUT2D eigenvalue weighted by Gasteiger charge is -2.45. The van der Waals surface area contributed by atoms with E-state index in [-0.39, 0.29) is 47.4 Å². The molecule has 1 aromatic carbocycles. The van der Waals surface area contributed by atoms with Gasteiger partial charge in [-0.05, 0) is 65.5 Å². The first-order valence-electron chi connectivity index (χ1n) is 15.6. The van der Waals surface area contributed by atoms with Crippen LogP contribution in [0.5, 0.6) is 5.75 Å². The predicted octanol–water partition coefficient (Wildman–Crippen LogP) is 6.99. The molecule has 1 aliphatic heterocycles. The molecule has 2 aromatic heterocycles. The Hall–Kier alpha value is -3.62. The Morgan fingerprint density at radius 2 is 2.07 bits per heavy atom. The first-order chi connectivity index (χ1) is 21.8. The van der Waals surface area contributed by atoms with E-state index in [0.29, 0.717) is 35.5 Å². The van der Waals surface area contributed by atoms with Crippen LogP contribution in [-0.2, 0) is 11.3 Å². The number of nitrogens with zero attached hydrogens (tertiary/aromatic N) is 4. The molecule has 0 bridgehead atoms. The Bertz CT molecular complexity index is 1740. The van der Waals surface area contributed by atoms with E-state index in [1.165, 1.54) is 17.4 Å². The molecule has 3 aliphatic carbocycles. The molecule has 0 amide bonds. The van der Waals surface area contributed by atoms with E-state index in [1.807, 2.05) is 19.9 Å². The van der Waals surface area contributed by atoms with Crippen LogP contribution in [0.2, 0.25) is 0 Å². The SMILES string of the molecule is CC(C)Oc1cc(C(=O)O)cc2sc(N3NC[C@@]34CC4N(Cc3c(C4=C(OC(F)(F)F)CCC=C4)noc3C3CC3)C(C)C)nc12. The largest absolute Gasteiger partial charge is 0.572 e. The third kappa shape index (κ3) is 5.64. The zero-order chi connectivity index (χ0) is 32.5. The standard InChI is InChI=1S/C32H36F3N5O5S/c1-16(2)39(14-21-26(38-45-28(21)18-9-10-18)20-7-5-6-8-22(20)44-32(33,34)35)25-13-31(25)15-36-40(31)30-37-27-23(43-17(3)4)11-19(29(41)42)12-24(27)46-30/h5,7,11-12,16-18,25,36H,6,8-10,13-15H2,1-4H3,(H,41,42)/t25?,31-/m1/s1. The molecule has 4 aliphatic rings. The van der Waals surface area contributed by atoms with Crippen LogP contribution in [0.3, 0.4) is 0 Å². The summed E-state index contributed by atoms with van der Waals surface area (Å²) in [4.78, 5) is 19.1. The number of carboxylic acids is 1. The van der Waals surface area contributed by atoms with E-state index in [9.17, 15) is 23.1 Å². The van der Waals surface area contributed by atoms with Gasteiger partial charge in [0.15, 0.2) is 0 Å². The summed E-state index contributed by atoms with van der Waals surface area (Å²) < 4.78 is 57.0. The number of benzene rings is 1. The van der Waals surface area contributed by atoms with Crippen LogP contribution < -0.4 is 15.2 Å². The summed E-state index contributed by atoms with van der Waals surface area (Å²) >= 11 is 1.41. The Labute approximate surface area is 267 Å². The highest BCUT2D eigenvalue weighted by atomic mass is 32.1. The van der Waals surface area contributed by atoms with Crippen LogP contribution in [0.4, 0.5) is 18.3 Å². The van der Waals surface area contributed by atoms with E-state index < -0.39 is 12.3 Å². The number of anilines is 1. The van der Waals surface area contributed by atoms with Gasteiger partial charge < -0.3 is 19.1 Å². The quantitative estimate of drug-likeness (QED) is 0.223. The van der Waals surface area contributed by atoms with E-state index in [4.69, 9.17) is 14.2 Å². The summed E-state index contributed by atoms with van der Waals surface area (Å²) in [6.45, 7) is 9.20. The average Bonchev–Trinajstić information content (AvgIpc) is 3.86. The van der Waals surface area contributed by atoms with Crippen molar-refractivity contribution in [3.8, 4) is 5.75 Å². The number of aromatic nitrogens is 2. The molecule has 7 rings (SSSR count). The maximum Gasteiger partial charge on any atom is 0.572 e. The monoisotopic (exact) mass is 659 g/mol. The molecule has 0 radical (unpaired) electrons. The zero-order valence-corrected chi connectivity index (χ0v) is 26.8. The second-order valence-electron chi connectivity index (χ2n) is 13.0. The van der Waals surface area contributed by atoms with Gasteiger partial charge in [0.25, 0.3) is 0 Å². The van der Waals surface area contributed by atoms with E-state index in [0.717, 1.165) is 47.0 Å². The maximum atomic E-state index is 13.3. The zero-order valence-electron chi connectivity index (χ0n) is 26.0. The number of carboxylic acid groups (broad SMARTS) is 1. The molecule has 2 N–H and O–H groups in total. The lowest BCUT2D eigenvalue weighted by Crippen LogP contribution is -2.68. The molecule has 3 heterocycles. The average molecular weight is 660 g/mol. The summed E-state index contributed by atoms with van der Waals surface area (Å²) in [5.74, 6) is 0.221. The number of halogens is 3. The lowest BCUT2D eigenvalue weighted by atomic mass is 9.97. The van der Waals surface area contributed by atoms with Gasteiger partial charge in [0.1, 0.15) is 28.5 Å². The molecular formula is C32H36F3N5O5S. The number of hydrogen-bond donors (Lipinski definition) is 2. The van der Waals surface area contributed by atoms with Gasteiger partial charge in [-0.2, -0.15) is 0 Å². The number of nitrogens with one attached hydrogen (secondary N) is 1. The van der Waals surface area contributed by atoms with Crippen molar-refractivity contribution in [2.24, 2.45) is 0 Å². The second-order valence-corrected chi connectivity index (χ2v) is 14.0. The predicted molar refractivity (Wildman–Crippen MR) is 166 cm³/mol. The highest BCUT2D eigenvalue weighted by Gasteiger charge is 2.67. The fraction of sp³-hybridized carbons (Fsp3) is 0.531. The highest BCUT2D eigenvalue weighted by molar-refractivity contribution is 7.22. The minimum absolute atomic E-state index is 0.114. The van der Waals surface area contributed by atoms with Crippen LogP contribution in [0.15, 0.2) is 34.6 Å². The van der Waals surface area contributed by atoms with E-state index >= 15 is 0 Å². The third-order valence-electron chi connectivity index (χ3n) is 9.03. The molecule has 1 saturated heterocycles. The first kappa shape index (κ1) is 31.0. The van der Waals surface area contributed by atoms with Crippen molar-refractivity contribution in [1.29, 1.82) is 0 Å². The van der Waals surface area contributed by atoms with Crippen molar-refractivity contribution in [1.82, 2.24) is 20.5 Å². The molecule has 1 spiro atoms. The number of carbonyl (C=O) groups is 1. The molecule has 14 heteroatoms. The van der Waals surface area contributed by atoms with E-state index in [1.54, 1.807) is 12.1 Å². The van der Waals surface area contributed by atoms with Crippen LogP contribution in [0.25, 0.3) is 15.8 Å². The number of hydrazine groups is 1. The minimum Gasteiger partial charge on any atom is -0.489 e. The van der Waals surface area contributed by atoms with Crippen LogP contribution in [-0.4, -0.2) is 62.8 Å². The van der Waals surface area contributed by atoms with Crippen molar-refractivity contribution in [2.75, 3.05) is 11.6 Å². The number of aromatic carboxylic acids is 1. The number of fused-ring (bicyclic) bond motifs is 1. The molecule has 2 saturated carbocycles. The molecule has 246 valence electrons. The van der Waals surface area contributed by atoms with Crippen molar-refractivity contribution >= 4 is 38.2 Å². The number of thiazole rings is 1. The summed E-state index contributed by atoms with van der Waals surface area (Å²) in [6, 6.07) is 3.38. The Morgan fingerprint density at radius 3 is 2.70 bits per heavy atom. The Kier molecular flexibility index (Phi) is 7.59. The molecule has 3 aromatic rings. The van der Waals surface area contributed by atoms with Gasteiger partial charge in [-0.1, -0.05) is 28.6 Å². The topological polar surface area (TPSA) is 113 Å². The minimum atomic E-state index is -4.79. The van der Waals surface area contributed by atoms with Crippen LogP contribution in [0.1, 0.15) is 93.1 Å². The summed E-state index contributed by atoms with van der Waals surface area (Å²) in [7, 11) is 0. The number of alkyl halides is 3. The van der Waals surface area contributed by atoms with Crippen molar-refractivity contribution in [2.45, 2.75) is 102 Å². The molecule has 2 atom stereocenters. The van der Waals surface area contributed by atoms with Crippen molar-refractivity contribution in [3.05, 3.63) is 52.6 Å². The van der Waals surface area contributed by atoms with Gasteiger partial charge in [0, 0.05) is 48.6 Å². The van der Waals surface area contributed by atoms with Gasteiger partial charge >= 0.3 is 12.3 Å². The van der Waals surface area contributed by atoms with Crippen molar-refractivity contribution in [3.63, 3.8) is 0 Å². The summed E-state index contributed by atoms with van der Waals surface area (Å²) in [5.41, 5.74) is 5.49. The van der Waals surface area contributed by atoms with E-state index in [2.05, 4.69) is 39.1 Å². The number of rotatable bonds is 11. The third-order valence-corrected chi connectivity index (χ3v) is 10.0. The molecule has 1 unspecified atom stereocenters. The number of hydrogen-bond acceptors (Lipinski definition) is 10. The first-order valence-corrected chi connectivity index (χ1v) is 16.4. The Balaban J connectivity index is 1.19. The van der Waals surface area contributed by atoms with Gasteiger partial charge in [0.2, 0.25) is 5.13 Å². The van der Waals surface area contributed by atoms with Gasteiger partial charge in [-0.3, -0.25) is 9.91 Å². The van der Waals surface area contributed by atoms with Gasteiger partial charge in [-0.25, -0.2) is 15.2 Å². The normalized spacial score (nSPS) is 22.9. The fourth-order valence-corrected chi connectivity index (χ4v) is 7.69. The van der Waals surface area contributed by atoms with Gasteiger partial charge in [-0.15, -0.1) is 13.2 Å². The second kappa shape index (κ2) is 11.3. The highest BCUT2D eigenvalue weighted by Crippen LogP contribution is 2.54. The molecular weight excluding hydrogens is 623 g/mol. The Morgan fingerprint density at radius 1 is 1.28 bits per heavy atom. The number of ether oxygens (including phenoxy) is 2. The summed E-state index contributed by atoms with van der Waals surface area (Å²) in [5, 5.41) is 16.8. The fourth-order valence-electron chi connectivity index (χ4n) is 6.59. The van der Waals surface area contributed by atoms with Crippen LogP contribution in [0, 0.1) is 0 Å². The van der Waals surface area contributed by atoms with Gasteiger partial charge in [0.05, 0.1) is 21.9 Å². The maximum absolute atomic E-state index is 13.3.